The Morgan fingerprint density at radius 1 is 1.19 bits per heavy atom. The monoisotopic (exact) mass is 384 g/mol. The molecule has 27 heavy (non-hydrogen) atoms. The highest BCUT2D eigenvalue weighted by Gasteiger charge is 2.18. The molecule has 0 unspecified atom stereocenters. The van der Waals surface area contributed by atoms with E-state index in [9.17, 15) is 4.79 Å². The van der Waals surface area contributed by atoms with Gasteiger partial charge < -0.3 is 19.7 Å². The van der Waals surface area contributed by atoms with Gasteiger partial charge in [-0.2, -0.15) is 8.75 Å². The average molecular weight is 384 g/mol. The first-order valence-corrected chi connectivity index (χ1v) is 9.48. The second kappa shape index (κ2) is 7.89. The summed E-state index contributed by atoms with van der Waals surface area (Å²) in [7, 11) is 1.64. The van der Waals surface area contributed by atoms with Crippen molar-refractivity contribution in [1.82, 2.24) is 14.1 Å². The molecule has 4 rings (SSSR count). The second-order valence-corrected chi connectivity index (χ2v) is 6.78. The highest BCUT2D eigenvalue weighted by Crippen LogP contribution is 2.30. The lowest BCUT2D eigenvalue weighted by Gasteiger charge is -2.30. The van der Waals surface area contributed by atoms with Gasteiger partial charge in [-0.15, -0.1) is 0 Å². The van der Waals surface area contributed by atoms with Crippen LogP contribution >= 0.6 is 11.7 Å². The minimum atomic E-state index is -0.122. The summed E-state index contributed by atoms with van der Waals surface area (Å²) in [6, 6.07) is 11.3. The summed E-state index contributed by atoms with van der Waals surface area (Å²) in [6.45, 7) is 3.35. The number of ether oxygens (including phenoxy) is 2. The lowest BCUT2D eigenvalue weighted by molar-refractivity contribution is 0.0951. The highest BCUT2D eigenvalue weighted by molar-refractivity contribution is 7.00. The third-order valence-corrected chi connectivity index (χ3v) is 5.12. The fraction of sp³-hybridized carbons (Fsp3) is 0.316. The van der Waals surface area contributed by atoms with Gasteiger partial charge >= 0.3 is 0 Å². The quantitative estimate of drug-likeness (QED) is 0.728. The number of carbonyl (C=O) groups is 1. The Kier molecular flexibility index (Phi) is 5.17. The number of morpholine rings is 1. The third kappa shape index (κ3) is 3.86. The number of rotatable bonds is 5. The van der Waals surface area contributed by atoms with E-state index in [4.69, 9.17) is 9.47 Å². The van der Waals surface area contributed by atoms with Crippen LogP contribution < -0.4 is 15.0 Å². The summed E-state index contributed by atoms with van der Waals surface area (Å²) in [4.78, 5) is 14.8. The molecule has 0 atom stereocenters. The van der Waals surface area contributed by atoms with Crippen molar-refractivity contribution >= 4 is 34.4 Å². The first-order chi connectivity index (χ1) is 13.2. The topological polar surface area (TPSA) is 76.6 Å². The van der Waals surface area contributed by atoms with Gasteiger partial charge in [-0.3, -0.25) is 4.79 Å². The average Bonchev–Trinajstić information content (AvgIpc) is 3.20. The minimum absolute atomic E-state index is 0.122. The van der Waals surface area contributed by atoms with E-state index in [2.05, 4.69) is 19.0 Å². The SMILES string of the molecule is COc1ccc(C(=O)NCc2ccc3nsnc3c2)cc1N1CCOCC1. The Morgan fingerprint density at radius 3 is 2.81 bits per heavy atom. The zero-order valence-electron chi connectivity index (χ0n) is 15.0. The van der Waals surface area contributed by atoms with E-state index in [1.54, 1.807) is 13.2 Å². The third-order valence-electron chi connectivity index (χ3n) is 4.56. The molecule has 140 valence electrons. The maximum atomic E-state index is 12.6. The van der Waals surface area contributed by atoms with Crippen molar-refractivity contribution in [2.24, 2.45) is 0 Å². The molecule has 1 amide bonds. The van der Waals surface area contributed by atoms with Crippen molar-refractivity contribution < 1.29 is 14.3 Å². The standard InChI is InChI=1S/C19H20N4O3S/c1-25-18-5-3-14(11-17(18)23-6-8-26-9-7-23)19(24)20-12-13-2-4-15-16(10-13)22-27-21-15/h2-5,10-11H,6-9,12H2,1H3,(H,20,24). The number of nitrogens with one attached hydrogen (secondary N) is 1. The fourth-order valence-electron chi connectivity index (χ4n) is 3.10. The van der Waals surface area contributed by atoms with Gasteiger partial charge in [-0.25, -0.2) is 0 Å². The maximum absolute atomic E-state index is 12.6. The van der Waals surface area contributed by atoms with E-state index in [0.29, 0.717) is 25.3 Å². The zero-order valence-corrected chi connectivity index (χ0v) is 15.8. The molecule has 2 heterocycles. The minimum Gasteiger partial charge on any atom is -0.495 e. The summed E-state index contributed by atoms with van der Waals surface area (Å²) >= 11 is 1.19. The summed E-state index contributed by atoms with van der Waals surface area (Å²) in [5.74, 6) is 0.638. The Hall–Kier alpha value is -2.71. The van der Waals surface area contributed by atoms with Crippen molar-refractivity contribution in [2.45, 2.75) is 6.54 Å². The smallest absolute Gasteiger partial charge is 0.251 e. The predicted molar refractivity (Wildman–Crippen MR) is 105 cm³/mol. The molecule has 0 aliphatic carbocycles. The van der Waals surface area contributed by atoms with E-state index in [1.165, 1.54) is 11.7 Å². The molecule has 7 nitrogen and oxygen atoms in total. The first-order valence-electron chi connectivity index (χ1n) is 8.75. The molecule has 0 saturated carbocycles. The van der Waals surface area contributed by atoms with Gasteiger partial charge in [0.1, 0.15) is 16.8 Å². The van der Waals surface area contributed by atoms with Gasteiger partial charge in [0.05, 0.1) is 37.7 Å². The van der Waals surface area contributed by atoms with Gasteiger partial charge in [0, 0.05) is 25.2 Å². The van der Waals surface area contributed by atoms with Gasteiger partial charge in [-0.05, 0) is 35.9 Å². The van der Waals surface area contributed by atoms with Crippen LogP contribution in [0.15, 0.2) is 36.4 Å². The van der Waals surface area contributed by atoms with Crippen LogP contribution in [0.2, 0.25) is 0 Å². The van der Waals surface area contributed by atoms with Crippen LogP contribution in [0.25, 0.3) is 11.0 Å². The number of fused-ring (bicyclic) bond motifs is 1. The van der Waals surface area contributed by atoms with E-state index < -0.39 is 0 Å². The van der Waals surface area contributed by atoms with Crippen molar-refractivity contribution in [3.8, 4) is 5.75 Å². The van der Waals surface area contributed by atoms with Crippen LogP contribution in [0.5, 0.6) is 5.75 Å². The number of hydrogen-bond donors (Lipinski definition) is 1. The summed E-state index contributed by atoms with van der Waals surface area (Å²) in [5.41, 5.74) is 4.24. The first kappa shape index (κ1) is 17.7. The Morgan fingerprint density at radius 2 is 2.00 bits per heavy atom. The molecule has 8 heteroatoms. The number of nitrogens with zero attached hydrogens (tertiary/aromatic N) is 3. The molecule has 2 aromatic carbocycles. The predicted octanol–water partition coefficient (Wildman–Crippen LogP) is 2.47. The Balaban J connectivity index is 1.49. The number of benzene rings is 2. The summed E-state index contributed by atoms with van der Waals surface area (Å²) in [6.07, 6.45) is 0. The van der Waals surface area contributed by atoms with Crippen LogP contribution in [-0.4, -0.2) is 48.1 Å². The van der Waals surface area contributed by atoms with Crippen LogP contribution in [0.1, 0.15) is 15.9 Å². The molecule has 0 bridgehead atoms. The van der Waals surface area contributed by atoms with Crippen molar-refractivity contribution in [3.63, 3.8) is 0 Å². The van der Waals surface area contributed by atoms with E-state index in [1.807, 2.05) is 30.3 Å². The highest BCUT2D eigenvalue weighted by atomic mass is 32.1. The molecule has 1 aromatic heterocycles. The largest absolute Gasteiger partial charge is 0.495 e. The Bertz CT molecular complexity index is 953. The molecule has 1 N–H and O–H groups in total. The molecule has 0 radical (unpaired) electrons. The van der Waals surface area contributed by atoms with Gasteiger partial charge in [0.2, 0.25) is 0 Å². The lowest BCUT2D eigenvalue weighted by Crippen LogP contribution is -2.36. The number of anilines is 1. The van der Waals surface area contributed by atoms with E-state index in [0.717, 1.165) is 41.1 Å². The van der Waals surface area contributed by atoms with Gasteiger partial charge in [-0.1, -0.05) is 6.07 Å². The molecular weight excluding hydrogens is 364 g/mol. The van der Waals surface area contributed by atoms with Gasteiger partial charge in [0.25, 0.3) is 5.91 Å². The molecule has 0 spiro atoms. The normalized spacial score (nSPS) is 14.3. The van der Waals surface area contributed by atoms with Crippen LogP contribution in [-0.2, 0) is 11.3 Å². The van der Waals surface area contributed by atoms with Gasteiger partial charge in [0.15, 0.2) is 0 Å². The molecule has 1 fully saturated rings. The molecule has 1 aliphatic rings. The Labute approximate surface area is 161 Å². The van der Waals surface area contributed by atoms with Crippen molar-refractivity contribution in [2.75, 3.05) is 38.3 Å². The molecular formula is C19H20N4O3S. The molecule has 1 aliphatic heterocycles. The lowest BCUT2D eigenvalue weighted by atomic mass is 10.1. The summed E-state index contributed by atoms with van der Waals surface area (Å²) in [5, 5.41) is 2.97. The van der Waals surface area contributed by atoms with E-state index >= 15 is 0 Å². The molecule has 1 saturated heterocycles. The number of amides is 1. The molecule has 3 aromatic rings. The number of carbonyl (C=O) groups excluding carboxylic acids is 1. The number of methoxy groups -OCH3 is 1. The zero-order chi connectivity index (χ0) is 18.6. The van der Waals surface area contributed by atoms with E-state index in [-0.39, 0.29) is 5.91 Å². The van der Waals surface area contributed by atoms with Crippen molar-refractivity contribution in [3.05, 3.63) is 47.5 Å². The maximum Gasteiger partial charge on any atom is 0.251 e. The van der Waals surface area contributed by atoms with Crippen LogP contribution in [0.4, 0.5) is 5.69 Å². The van der Waals surface area contributed by atoms with Crippen LogP contribution in [0, 0.1) is 0 Å². The number of hydrogen-bond acceptors (Lipinski definition) is 7. The number of aromatic nitrogens is 2. The second-order valence-electron chi connectivity index (χ2n) is 6.26. The van der Waals surface area contributed by atoms with Crippen molar-refractivity contribution in [1.29, 1.82) is 0 Å². The fourth-order valence-corrected chi connectivity index (χ4v) is 3.62. The van der Waals surface area contributed by atoms with Crippen LogP contribution in [0.3, 0.4) is 0 Å². The summed E-state index contributed by atoms with van der Waals surface area (Å²) < 4.78 is 19.3.